The normalized spacial score (nSPS) is 14.7. The Hall–Kier alpha value is -1.47. The Morgan fingerprint density at radius 3 is 2.65 bits per heavy atom. The van der Waals surface area contributed by atoms with Gasteiger partial charge in [0.25, 0.3) is 5.91 Å². The lowest BCUT2D eigenvalue weighted by Crippen LogP contribution is -2.43. The van der Waals surface area contributed by atoms with Crippen LogP contribution in [0.3, 0.4) is 0 Å². The zero-order valence-corrected chi connectivity index (χ0v) is 10.3. The van der Waals surface area contributed by atoms with Crippen molar-refractivity contribution in [3.63, 3.8) is 0 Å². The summed E-state index contributed by atoms with van der Waals surface area (Å²) in [5.74, 6) is 0.537. The number of carbonyl (C=O) groups excluding carboxylic acids is 1. The van der Waals surface area contributed by atoms with Gasteiger partial charge in [0, 0.05) is 18.5 Å². The van der Waals surface area contributed by atoms with Crippen molar-refractivity contribution in [2.45, 2.75) is 38.8 Å². The van der Waals surface area contributed by atoms with Crippen molar-refractivity contribution in [2.24, 2.45) is 5.73 Å². The van der Waals surface area contributed by atoms with Crippen molar-refractivity contribution in [3.05, 3.63) is 11.6 Å². The van der Waals surface area contributed by atoms with E-state index in [1.54, 1.807) is 6.92 Å². The maximum absolute atomic E-state index is 11.6. The monoisotopic (exact) mass is 241 g/mol. The second kappa shape index (κ2) is 5.74. The molecule has 0 spiro atoms. The summed E-state index contributed by atoms with van der Waals surface area (Å²) in [7, 11) is 0. The van der Waals surface area contributed by atoms with Gasteiger partial charge in [-0.15, -0.1) is 5.10 Å². The molecule has 7 nitrogen and oxygen atoms in total. The molecule has 1 aromatic heterocycles. The molecule has 1 rings (SSSR count). The lowest BCUT2D eigenvalue weighted by atomic mass is 10.2. The van der Waals surface area contributed by atoms with E-state index < -0.39 is 18.1 Å². The summed E-state index contributed by atoms with van der Waals surface area (Å²) in [6, 6.07) is -0.498. The molecule has 0 bridgehead atoms. The largest absolute Gasteiger partial charge is 0.392 e. The Labute approximate surface area is 99.8 Å². The molecular formula is C10H19N5O2. The van der Waals surface area contributed by atoms with Gasteiger partial charge in [0.05, 0.1) is 6.10 Å². The van der Waals surface area contributed by atoms with Crippen molar-refractivity contribution in [2.75, 3.05) is 6.54 Å². The minimum Gasteiger partial charge on any atom is -0.392 e. The Morgan fingerprint density at radius 2 is 2.18 bits per heavy atom. The molecule has 0 radical (unpaired) electrons. The Morgan fingerprint density at radius 1 is 1.53 bits per heavy atom. The van der Waals surface area contributed by atoms with Crippen molar-refractivity contribution in [1.29, 1.82) is 0 Å². The number of H-pyrrole nitrogens is 1. The zero-order valence-electron chi connectivity index (χ0n) is 10.3. The Kier molecular flexibility index (Phi) is 4.59. The van der Waals surface area contributed by atoms with E-state index in [4.69, 9.17) is 10.8 Å². The van der Waals surface area contributed by atoms with Gasteiger partial charge in [-0.25, -0.2) is 4.98 Å². The van der Waals surface area contributed by atoms with E-state index in [0.29, 0.717) is 5.82 Å². The van der Waals surface area contributed by atoms with E-state index in [-0.39, 0.29) is 18.3 Å². The summed E-state index contributed by atoms with van der Waals surface area (Å²) in [5.41, 5.74) is 5.58. The maximum atomic E-state index is 11.6. The van der Waals surface area contributed by atoms with E-state index in [1.165, 1.54) is 0 Å². The van der Waals surface area contributed by atoms with E-state index >= 15 is 0 Å². The van der Waals surface area contributed by atoms with Crippen molar-refractivity contribution < 1.29 is 9.90 Å². The van der Waals surface area contributed by atoms with Crippen molar-refractivity contribution >= 4 is 5.91 Å². The second-order valence-corrected chi connectivity index (χ2v) is 4.31. The predicted molar refractivity (Wildman–Crippen MR) is 62.5 cm³/mol. The zero-order chi connectivity index (χ0) is 13.0. The van der Waals surface area contributed by atoms with Crippen LogP contribution in [-0.4, -0.2) is 44.9 Å². The van der Waals surface area contributed by atoms with E-state index in [9.17, 15) is 4.79 Å². The minimum absolute atomic E-state index is 0.0893. The molecule has 2 atom stereocenters. The van der Waals surface area contributed by atoms with Gasteiger partial charge in [-0.05, 0) is 6.92 Å². The summed E-state index contributed by atoms with van der Waals surface area (Å²) < 4.78 is 0. The quantitative estimate of drug-likeness (QED) is 0.547. The number of amides is 1. The third-order valence-corrected chi connectivity index (χ3v) is 2.37. The second-order valence-electron chi connectivity index (χ2n) is 4.31. The van der Waals surface area contributed by atoms with Crippen molar-refractivity contribution in [3.8, 4) is 0 Å². The molecule has 0 saturated carbocycles. The molecule has 96 valence electrons. The molecule has 1 amide bonds. The van der Waals surface area contributed by atoms with Gasteiger partial charge in [-0.2, -0.15) is 0 Å². The number of hydrogen-bond donors (Lipinski definition) is 4. The third kappa shape index (κ3) is 3.79. The minimum atomic E-state index is -0.673. The molecule has 0 aromatic carbocycles. The van der Waals surface area contributed by atoms with Gasteiger partial charge in [-0.1, -0.05) is 13.8 Å². The predicted octanol–water partition coefficient (Wildman–Crippen LogP) is -0.634. The number of aromatic amines is 1. The fraction of sp³-hybridized carbons (Fsp3) is 0.700. The molecular weight excluding hydrogens is 222 g/mol. The fourth-order valence-electron chi connectivity index (χ4n) is 1.09. The summed E-state index contributed by atoms with van der Waals surface area (Å²) in [5, 5.41) is 18.2. The van der Waals surface area contributed by atoms with Crippen LogP contribution in [-0.2, 0) is 0 Å². The van der Waals surface area contributed by atoms with Crippen LogP contribution in [0.15, 0.2) is 0 Å². The number of nitrogens with two attached hydrogens (primary N) is 1. The molecule has 7 heteroatoms. The fourth-order valence-corrected chi connectivity index (χ4v) is 1.09. The average Bonchev–Trinajstić information content (AvgIpc) is 2.74. The molecule has 0 saturated heterocycles. The highest BCUT2D eigenvalue weighted by Gasteiger charge is 2.16. The number of carbonyl (C=O) groups is 1. The lowest BCUT2D eigenvalue weighted by molar-refractivity contribution is 0.0927. The molecule has 0 aliphatic rings. The van der Waals surface area contributed by atoms with Crippen LogP contribution >= 0.6 is 0 Å². The van der Waals surface area contributed by atoms with E-state index in [1.807, 2.05) is 13.8 Å². The molecule has 1 aromatic rings. The van der Waals surface area contributed by atoms with Gasteiger partial charge in [0.2, 0.25) is 5.82 Å². The van der Waals surface area contributed by atoms with Gasteiger partial charge in [0.1, 0.15) is 5.82 Å². The molecule has 0 aliphatic carbocycles. The molecule has 5 N–H and O–H groups in total. The van der Waals surface area contributed by atoms with Gasteiger partial charge >= 0.3 is 0 Å². The average molecular weight is 241 g/mol. The number of aromatic nitrogens is 3. The summed E-state index contributed by atoms with van der Waals surface area (Å²) in [4.78, 5) is 15.7. The van der Waals surface area contributed by atoms with Crippen molar-refractivity contribution in [1.82, 2.24) is 20.5 Å². The first-order valence-corrected chi connectivity index (χ1v) is 5.56. The first-order valence-electron chi connectivity index (χ1n) is 5.56. The number of rotatable bonds is 5. The van der Waals surface area contributed by atoms with E-state index in [2.05, 4.69) is 20.5 Å². The highest BCUT2D eigenvalue weighted by Crippen LogP contribution is 2.07. The maximum Gasteiger partial charge on any atom is 0.291 e. The topological polar surface area (TPSA) is 117 Å². The smallest absolute Gasteiger partial charge is 0.291 e. The number of nitrogens with one attached hydrogen (secondary N) is 2. The number of hydrogen-bond acceptors (Lipinski definition) is 5. The van der Waals surface area contributed by atoms with Crippen LogP contribution in [0, 0.1) is 0 Å². The van der Waals surface area contributed by atoms with Crippen LogP contribution in [0.5, 0.6) is 0 Å². The van der Waals surface area contributed by atoms with Gasteiger partial charge < -0.3 is 16.2 Å². The van der Waals surface area contributed by atoms with Gasteiger partial charge in [-0.3, -0.25) is 9.89 Å². The standard InChI is InChI=1S/C10H19N5O2/c1-5(2)8-13-9(15-14-8)10(17)12-4-7(11)6(3)16/h5-7,16H,4,11H2,1-3H3,(H,12,17)(H,13,14,15). The first kappa shape index (κ1) is 13.6. The highest BCUT2D eigenvalue weighted by molar-refractivity contribution is 5.90. The van der Waals surface area contributed by atoms with Crippen LogP contribution in [0.2, 0.25) is 0 Å². The SMILES string of the molecule is CC(C)c1nc(C(=O)NCC(N)C(C)O)n[nH]1. The molecule has 1 heterocycles. The van der Waals surface area contributed by atoms with E-state index in [0.717, 1.165) is 0 Å². The number of aliphatic hydroxyl groups excluding tert-OH is 1. The summed E-state index contributed by atoms with van der Waals surface area (Å²) >= 11 is 0. The summed E-state index contributed by atoms with van der Waals surface area (Å²) in [6.45, 7) is 5.65. The van der Waals surface area contributed by atoms with Crippen LogP contribution in [0.4, 0.5) is 0 Å². The molecule has 17 heavy (non-hydrogen) atoms. The van der Waals surface area contributed by atoms with Crippen LogP contribution in [0.25, 0.3) is 0 Å². The first-order chi connectivity index (χ1) is 7.91. The molecule has 0 fully saturated rings. The number of aliphatic hydroxyl groups is 1. The number of nitrogens with zero attached hydrogens (tertiary/aromatic N) is 2. The Balaban J connectivity index is 2.52. The summed E-state index contributed by atoms with van der Waals surface area (Å²) in [6.07, 6.45) is -0.673. The molecule has 2 unspecified atom stereocenters. The lowest BCUT2D eigenvalue weighted by Gasteiger charge is -2.14. The third-order valence-electron chi connectivity index (χ3n) is 2.37. The van der Waals surface area contributed by atoms with Gasteiger partial charge in [0.15, 0.2) is 0 Å². The Bertz CT molecular complexity index is 375. The molecule has 0 aliphatic heterocycles. The highest BCUT2D eigenvalue weighted by atomic mass is 16.3. The van der Waals surface area contributed by atoms with Crippen LogP contribution in [0.1, 0.15) is 43.1 Å². The van der Waals surface area contributed by atoms with Crippen LogP contribution < -0.4 is 11.1 Å².